The number of rotatable bonds is 7. The Bertz CT molecular complexity index is 3600. The van der Waals surface area contributed by atoms with Gasteiger partial charge in [-0.3, -0.25) is 0 Å². The van der Waals surface area contributed by atoms with Crippen LogP contribution in [0.15, 0.2) is 224 Å². The first-order valence-electron chi connectivity index (χ1n) is 21.2. The number of pyridine rings is 1. The number of nitrogens with zero attached hydrogens (tertiary/aromatic N) is 5. The summed E-state index contributed by atoms with van der Waals surface area (Å²) >= 11 is 0. The lowest BCUT2D eigenvalue weighted by Gasteiger charge is -2.15. The summed E-state index contributed by atoms with van der Waals surface area (Å²) in [5, 5.41) is 5.92. The van der Waals surface area contributed by atoms with Gasteiger partial charge in [0.2, 0.25) is 0 Å². The molecule has 0 bridgehead atoms. The third-order valence-electron chi connectivity index (χ3n) is 12.0. The zero-order chi connectivity index (χ0) is 41.7. The molecule has 0 aliphatic rings. The van der Waals surface area contributed by atoms with E-state index < -0.39 is 0 Å². The van der Waals surface area contributed by atoms with E-state index in [1.807, 2.05) is 36.4 Å². The Morgan fingerprint density at radius 2 is 0.778 bits per heavy atom. The fraction of sp³-hybridized carbons (Fsp3) is 0. The van der Waals surface area contributed by atoms with E-state index in [2.05, 4.69) is 193 Å². The van der Waals surface area contributed by atoms with E-state index in [-0.39, 0.29) is 0 Å². The van der Waals surface area contributed by atoms with Gasteiger partial charge in [0.25, 0.3) is 0 Å². The first kappa shape index (κ1) is 36.3. The van der Waals surface area contributed by atoms with E-state index in [0.29, 0.717) is 17.5 Å². The molecule has 294 valence electrons. The summed E-state index contributed by atoms with van der Waals surface area (Å²) < 4.78 is 2.32. The molecule has 5 nitrogen and oxygen atoms in total. The largest absolute Gasteiger partial charge is 0.309 e. The van der Waals surface area contributed by atoms with Gasteiger partial charge < -0.3 is 4.57 Å². The molecule has 0 fully saturated rings. The highest BCUT2D eigenvalue weighted by Gasteiger charge is 2.18. The average molecular weight is 804 g/mol. The van der Waals surface area contributed by atoms with E-state index in [0.717, 1.165) is 83.2 Å². The number of para-hydroxylation sites is 2. The molecule has 0 aliphatic carbocycles. The van der Waals surface area contributed by atoms with Crippen LogP contribution in [0.2, 0.25) is 0 Å². The zero-order valence-corrected chi connectivity index (χ0v) is 34.1. The molecule has 0 saturated carbocycles. The number of benzene rings is 9. The Morgan fingerprint density at radius 1 is 0.286 bits per heavy atom. The molecule has 9 aromatic carbocycles. The van der Waals surface area contributed by atoms with Gasteiger partial charge >= 0.3 is 0 Å². The molecular weight excluding hydrogens is 767 g/mol. The van der Waals surface area contributed by atoms with Gasteiger partial charge in [0.05, 0.1) is 22.2 Å². The first-order valence-corrected chi connectivity index (χ1v) is 21.2. The van der Waals surface area contributed by atoms with Crippen molar-refractivity contribution in [3.8, 4) is 73.4 Å². The molecule has 0 saturated heterocycles. The second kappa shape index (κ2) is 15.2. The van der Waals surface area contributed by atoms with Crippen LogP contribution in [0.3, 0.4) is 0 Å². The van der Waals surface area contributed by atoms with E-state index in [4.69, 9.17) is 19.9 Å². The fourth-order valence-electron chi connectivity index (χ4n) is 9.08. The number of fused-ring (bicyclic) bond motifs is 6. The van der Waals surface area contributed by atoms with Crippen molar-refractivity contribution in [2.24, 2.45) is 0 Å². The minimum absolute atomic E-state index is 0.615. The van der Waals surface area contributed by atoms with Crippen LogP contribution in [0.1, 0.15) is 0 Å². The minimum atomic E-state index is 0.615. The van der Waals surface area contributed by atoms with Gasteiger partial charge in [-0.2, -0.15) is 0 Å². The Kier molecular flexibility index (Phi) is 8.75. The highest BCUT2D eigenvalue weighted by Crippen LogP contribution is 2.40. The minimum Gasteiger partial charge on any atom is -0.309 e. The monoisotopic (exact) mass is 803 g/mol. The predicted octanol–water partition coefficient (Wildman–Crippen LogP) is 14.7. The number of hydrogen-bond donors (Lipinski definition) is 0. The van der Waals surface area contributed by atoms with Crippen molar-refractivity contribution in [3.63, 3.8) is 0 Å². The van der Waals surface area contributed by atoms with E-state index in [1.54, 1.807) is 0 Å². The smallest absolute Gasteiger partial charge is 0.164 e. The molecule has 12 rings (SSSR count). The molecule has 0 N–H and O–H groups in total. The molecule has 12 aromatic rings. The Labute approximate surface area is 364 Å². The third-order valence-corrected chi connectivity index (χ3v) is 12.0. The summed E-state index contributed by atoms with van der Waals surface area (Å²) in [7, 11) is 0. The highest BCUT2D eigenvalue weighted by molar-refractivity contribution is 6.17. The zero-order valence-electron chi connectivity index (χ0n) is 34.1. The van der Waals surface area contributed by atoms with Crippen LogP contribution >= 0.6 is 0 Å². The molecule has 0 amide bonds. The summed E-state index contributed by atoms with van der Waals surface area (Å²) in [6, 6.07) is 78.7. The maximum atomic E-state index is 5.21. The summed E-state index contributed by atoms with van der Waals surface area (Å²) in [4.78, 5) is 20.5. The van der Waals surface area contributed by atoms with Crippen LogP contribution in [0, 0.1) is 0 Å². The number of hydrogen-bond acceptors (Lipinski definition) is 4. The predicted molar refractivity (Wildman–Crippen MR) is 260 cm³/mol. The molecule has 0 aliphatic heterocycles. The lowest BCUT2D eigenvalue weighted by molar-refractivity contribution is 1.07. The van der Waals surface area contributed by atoms with Crippen LogP contribution in [-0.2, 0) is 0 Å². The second-order valence-electron chi connectivity index (χ2n) is 15.8. The standard InChI is InChI=1S/C58H37N5/c1-4-16-38(17-5-1)50-37-52(40-18-6-2-7-19-40)59-51-35-34-46-45(26-15-27-49(46)55(50)51)39-30-32-42(33-31-39)57-60-56(41-20-8-3-9-21-41)61-58(62-57)43-22-14-23-44(36-43)63-53-28-12-10-24-47(53)48-25-11-13-29-54(48)63/h1-37H. The van der Waals surface area contributed by atoms with E-state index in [1.165, 1.54) is 16.2 Å². The van der Waals surface area contributed by atoms with Gasteiger partial charge in [0.1, 0.15) is 0 Å². The molecule has 0 radical (unpaired) electrons. The van der Waals surface area contributed by atoms with Gasteiger partial charge in [0, 0.05) is 44.1 Å². The van der Waals surface area contributed by atoms with Crippen LogP contribution in [-0.4, -0.2) is 24.5 Å². The van der Waals surface area contributed by atoms with Crippen molar-refractivity contribution in [2.45, 2.75) is 0 Å². The van der Waals surface area contributed by atoms with Crippen LogP contribution in [0.25, 0.3) is 117 Å². The van der Waals surface area contributed by atoms with Gasteiger partial charge in [-0.25, -0.2) is 19.9 Å². The molecule has 5 heteroatoms. The summed E-state index contributed by atoms with van der Waals surface area (Å²) in [5.74, 6) is 1.86. The SMILES string of the molecule is c1ccc(-c2cc(-c3ccccc3)c3c(ccc4c(-c5ccc(-c6nc(-c7ccccc7)nc(-c7cccc(-n8c9ccccc9c9ccccc98)c7)n6)cc5)cccc43)n2)cc1. The third kappa shape index (κ3) is 6.42. The topological polar surface area (TPSA) is 56.5 Å². The summed E-state index contributed by atoms with van der Waals surface area (Å²) in [5.41, 5.74) is 13.7. The molecule has 3 heterocycles. The van der Waals surface area contributed by atoms with Gasteiger partial charge in [0.15, 0.2) is 17.5 Å². The lowest BCUT2D eigenvalue weighted by Crippen LogP contribution is -2.01. The van der Waals surface area contributed by atoms with Crippen LogP contribution < -0.4 is 0 Å². The van der Waals surface area contributed by atoms with Crippen molar-refractivity contribution in [1.82, 2.24) is 24.5 Å². The van der Waals surface area contributed by atoms with Crippen LogP contribution in [0.4, 0.5) is 0 Å². The summed E-state index contributed by atoms with van der Waals surface area (Å²) in [6.07, 6.45) is 0. The maximum absolute atomic E-state index is 5.21. The van der Waals surface area contributed by atoms with E-state index in [9.17, 15) is 0 Å². The fourth-order valence-corrected chi connectivity index (χ4v) is 9.08. The van der Waals surface area contributed by atoms with E-state index >= 15 is 0 Å². The average Bonchev–Trinajstić information content (AvgIpc) is 3.71. The van der Waals surface area contributed by atoms with Gasteiger partial charge in [-0.05, 0) is 69.4 Å². The first-order chi connectivity index (χ1) is 31.2. The summed E-state index contributed by atoms with van der Waals surface area (Å²) in [6.45, 7) is 0. The van der Waals surface area contributed by atoms with Gasteiger partial charge in [-0.15, -0.1) is 0 Å². The Morgan fingerprint density at radius 3 is 1.44 bits per heavy atom. The molecule has 0 spiro atoms. The molecular formula is C58H37N5. The van der Waals surface area contributed by atoms with Gasteiger partial charge in [-0.1, -0.05) is 188 Å². The lowest BCUT2D eigenvalue weighted by atomic mass is 9.91. The van der Waals surface area contributed by atoms with Crippen molar-refractivity contribution >= 4 is 43.5 Å². The van der Waals surface area contributed by atoms with Crippen molar-refractivity contribution < 1.29 is 0 Å². The molecule has 0 unspecified atom stereocenters. The Hall–Kier alpha value is -8.54. The van der Waals surface area contributed by atoms with Crippen molar-refractivity contribution in [1.29, 1.82) is 0 Å². The molecule has 63 heavy (non-hydrogen) atoms. The normalized spacial score (nSPS) is 11.5. The highest BCUT2D eigenvalue weighted by atomic mass is 15.0. The Balaban J connectivity index is 0.963. The van der Waals surface area contributed by atoms with Crippen molar-refractivity contribution in [3.05, 3.63) is 224 Å². The number of aromatic nitrogens is 5. The molecule has 0 atom stereocenters. The van der Waals surface area contributed by atoms with Crippen LogP contribution in [0.5, 0.6) is 0 Å². The second-order valence-corrected chi connectivity index (χ2v) is 15.8. The quantitative estimate of drug-likeness (QED) is 0.151. The van der Waals surface area contributed by atoms with Crippen molar-refractivity contribution in [2.75, 3.05) is 0 Å². The maximum Gasteiger partial charge on any atom is 0.164 e. The molecule has 3 aromatic heterocycles.